The van der Waals surface area contributed by atoms with E-state index in [2.05, 4.69) is 15.0 Å². The zero-order valence-corrected chi connectivity index (χ0v) is 17.5. The molecular formula is C21H17BrN4O4. The number of benzene rings is 1. The summed E-state index contributed by atoms with van der Waals surface area (Å²) in [7, 11) is 1.57. The molecule has 0 spiro atoms. The molecule has 0 aliphatic carbocycles. The van der Waals surface area contributed by atoms with E-state index in [1.54, 1.807) is 60.5 Å². The zero-order valence-electron chi connectivity index (χ0n) is 15.9. The van der Waals surface area contributed by atoms with Crippen LogP contribution in [-0.4, -0.2) is 38.9 Å². The quantitative estimate of drug-likeness (QED) is 0.292. The highest BCUT2D eigenvalue weighted by Crippen LogP contribution is 2.24. The Morgan fingerprint density at radius 3 is 2.67 bits per heavy atom. The van der Waals surface area contributed by atoms with Gasteiger partial charge in [-0.2, -0.15) is 4.57 Å². The molecule has 1 aromatic carbocycles. The molecule has 0 saturated heterocycles. The first-order valence-corrected chi connectivity index (χ1v) is 8.79. The van der Waals surface area contributed by atoms with Gasteiger partial charge in [-0.25, -0.2) is 14.8 Å². The van der Waals surface area contributed by atoms with Gasteiger partial charge in [0.15, 0.2) is 18.1 Å². The van der Waals surface area contributed by atoms with Crippen molar-refractivity contribution in [1.82, 2.24) is 15.0 Å². The van der Waals surface area contributed by atoms with Crippen LogP contribution in [-0.2, 0) is 6.54 Å². The molecule has 30 heavy (non-hydrogen) atoms. The Bertz CT molecular complexity index is 1220. The lowest BCUT2D eigenvalue weighted by Gasteiger charge is -2.04. The Hall–Kier alpha value is -3.59. The average molecular weight is 469 g/mol. The number of ketones is 1. The molecule has 0 amide bonds. The number of rotatable bonds is 6. The molecule has 0 saturated carbocycles. The van der Waals surface area contributed by atoms with Crippen LogP contribution in [0.5, 0.6) is 5.75 Å². The zero-order chi connectivity index (χ0) is 20.4. The van der Waals surface area contributed by atoms with Crippen molar-refractivity contribution in [1.29, 1.82) is 0 Å². The maximum Gasteiger partial charge on any atom is 0.354 e. The van der Waals surface area contributed by atoms with Crippen molar-refractivity contribution in [2.75, 3.05) is 7.11 Å². The Kier molecular flexibility index (Phi) is 6.22. The maximum atomic E-state index is 12.6. The maximum absolute atomic E-state index is 12.6. The molecule has 4 rings (SSSR count). The van der Waals surface area contributed by atoms with Crippen molar-refractivity contribution in [2.45, 2.75) is 6.54 Å². The number of aromatic nitrogens is 4. The molecule has 0 fully saturated rings. The number of pyridine rings is 2. The van der Waals surface area contributed by atoms with Crippen LogP contribution in [0.25, 0.3) is 22.3 Å². The van der Waals surface area contributed by atoms with E-state index >= 15 is 0 Å². The molecule has 3 heterocycles. The number of carbonyl (C=O) groups is 2. The van der Waals surface area contributed by atoms with Gasteiger partial charge < -0.3 is 31.8 Å². The van der Waals surface area contributed by atoms with Crippen LogP contribution in [0.2, 0.25) is 0 Å². The predicted octanol–water partition coefficient (Wildman–Crippen LogP) is -0.494. The summed E-state index contributed by atoms with van der Waals surface area (Å²) in [6, 6.07) is 11.9. The highest BCUT2D eigenvalue weighted by atomic mass is 79.9. The van der Waals surface area contributed by atoms with Gasteiger partial charge in [-0.1, -0.05) is 0 Å². The van der Waals surface area contributed by atoms with Crippen LogP contribution < -0.4 is 26.3 Å². The van der Waals surface area contributed by atoms with Crippen molar-refractivity contribution in [3.8, 4) is 17.0 Å². The summed E-state index contributed by atoms with van der Waals surface area (Å²) in [6.07, 6.45) is 5.02. The number of fused-ring (bicyclic) bond motifs is 1. The van der Waals surface area contributed by atoms with Gasteiger partial charge in [-0.3, -0.25) is 4.79 Å². The summed E-state index contributed by atoms with van der Waals surface area (Å²) in [5, 5.41) is 9.33. The fraction of sp³-hybridized carbons (Fsp3) is 0.0952. The summed E-state index contributed by atoms with van der Waals surface area (Å²) in [4.78, 5) is 35.4. The first-order chi connectivity index (χ1) is 14.0. The number of imidazole rings is 1. The molecule has 0 atom stereocenters. The Morgan fingerprint density at radius 1 is 1.20 bits per heavy atom. The van der Waals surface area contributed by atoms with E-state index in [0.29, 0.717) is 33.6 Å². The number of hydrogen-bond acceptors (Lipinski definition) is 5. The lowest BCUT2D eigenvalue weighted by molar-refractivity contribution is -0.682. The van der Waals surface area contributed by atoms with E-state index in [-0.39, 0.29) is 35.0 Å². The van der Waals surface area contributed by atoms with E-state index < -0.39 is 5.97 Å². The van der Waals surface area contributed by atoms with Crippen LogP contribution in [0.4, 0.5) is 0 Å². The van der Waals surface area contributed by atoms with Crippen LogP contribution >= 0.6 is 0 Å². The molecule has 8 nitrogen and oxygen atoms in total. The number of halogens is 1. The Morgan fingerprint density at radius 2 is 1.97 bits per heavy atom. The minimum absolute atomic E-state index is 0. The minimum Gasteiger partial charge on any atom is -1.00 e. The second-order valence-electron chi connectivity index (χ2n) is 6.38. The van der Waals surface area contributed by atoms with E-state index in [1.807, 2.05) is 0 Å². The number of aromatic carboxylic acids is 1. The van der Waals surface area contributed by atoms with E-state index in [9.17, 15) is 14.7 Å². The third kappa shape index (κ3) is 4.20. The number of carboxylic acid groups (broad SMARTS) is 1. The SMILES string of the molecule is COc1ccc(C(=O)C[n+]2cccc(-c3nc(C(=O)O)cc4[nH]cnc34)c2)cc1.[Br-]. The second kappa shape index (κ2) is 8.83. The second-order valence-corrected chi connectivity index (χ2v) is 6.38. The third-order valence-corrected chi connectivity index (χ3v) is 4.50. The van der Waals surface area contributed by atoms with Crippen molar-refractivity contribution < 1.29 is 41.0 Å². The Balaban J connectivity index is 0.00000256. The fourth-order valence-electron chi connectivity index (χ4n) is 3.05. The summed E-state index contributed by atoms with van der Waals surface area (Å²) >= 11 is 0. The molecule has 2 N–H and O–H groups in total. The summed E-state index contributed by atoms with van der Waals surface area (Å²) in [6.45, 7) is 0.127. The number of carbonyl (C=O) groups excluding carboxylic acids is 1. The van der Waals surface area contributed by atoms with Gasteiger partial charge in [0.25, 0.3) is 0 Å². The number of Topliss-reactive ketones (excluding diaryl/α,β-unsaturated/α-hetero) is 1. The number of methoxy groups -OCH3 is 1. The van der Waals surface area contributed by atoms with E-state index in [4.69, 9.17) is 4.74 Å². The van der Waals surface area contributed by atoms with Crippen molar-refractivity contribution in [3.05, 3.63) is 72.4 Å². The number of ether oxygens (including phenoxy) is 1. The molecule has 0 radical (unpaired) electrons. The third-order valence-electron chi connectivity index (χ3n) is 4.50. The number of nitrogens with one attached hydrogen (secondary N) is 1. The number of carboxylic acids is 1. The number of nitrogens with zero attached hydrogens (tertiary/aromatic N) is 3. The molecule has 0 bridgehead atoms. The summed E-state index contributed by atoms with van der Waals surface area (Å²) < 4.78 is 6.84. The van der Waals surface area contributed by atoms with Gasteiger partial charge in [0.2, 0.25) is 12.3 Å². The highest BCUT2D eigenvalue weighted by molar-refractivity contribution is 5.96. The van der Waals surface area contributed by atoms with Crippen LogP contribution in [0, 0.1) is 0 Å². The van der Waals surface area contributed by atoms with Gasteiger partial charge in [0.05, 0.1) is 24.5 Å². The minimum atomic E-state index is -1.12. The van der Waals surface area contributed by atoms with Crippen molar-refractivity contribution >= 4 is 22.8 Å². The normalized spacial score (nSPS) is 10.4. The first-order valence-electron chi connectivity index (χ1n) is 8.79. The van der Waals surface area contributed by atoms with Gasteiger partial charge in [0.1, 0.15) is 17.0 Å². The monoisotopic (exact) mass is 468 g/mol. The topological polar surface area (TPSA) is 109 Å². The number of hydrogen-bond donors (Lipinski definition) is 2. The largest absolute Gasteiger partial charge is 1.00 e. The molecule has 3 aromatic heterocycles. The summed E-state index contributed by atoms with van der Waals surface area (Å²) in [5.41, 5.74) is 2.74. The number of aromatic amines is 1. The van der Waals surface area contributed by atoms with E-state index in [0.717, 1.165) is 0 Å². The van der Waals surface area contributed by atoms with Gasteiger partial charge >= 0.3 is 5.97 Å². The molecule has 0 aliphatic heterocycles. The molecule has 0 aliphatic rings. The van der Waals surface area contributed by atoms with Crippen molar-refractivity contribution in [2.24, 2.45) is 0 Å². The summed E-state index contributed by atoms with van der Waals surface area (Å²) in [5.74, 6) is -0.503. The van der Waals surface area contributed by atoms with Crippen LogP contribution in [0.15, 0.2) is 61.2 Å². The van der Waals surface area contributed by atoms with Gasteiger partial charge in [0, 0.05) is 11.6 Å². The highest BCUT2D eigenvalue weighted by Gasteiger charge is 2.18. The van der Waals surface area contributed by atoms with Gasteiger partial charge in [-0.05, 0) is 36.4 Å². The van der Waals surface area contributed by atoms with Gasteiger partial charge in [-0.15, -0.1) is 0 Å². The van der Waals surface area contributed by atoms with Crippen LogP contribution in [0.1, 0.15) is 20.8 Å². The molecular weight excluding hydrogens is 452 g/mol. The number of H-pyrrole nitrogens is 1. The molecule has 0 unspecified atom stereocenters. The first kappa shape index (κ1) is 21.1. The average Bonchev–Trinajstić information content (AvgIpc) is 3.22. The fourth-order valence-corrected chi connectivity index (χ4v) is 3.05. The molecule has 4 aromatic rings. The van der Waals surface area contributed by atoms with E-state index in [1.165, 1.54) is 12.4 Å². The predicted molar refractivity (Wildman–Crippen MR) is 104 cm³/mol. The lowest BCUT2D eigenvalue weighted by atomic mass is 10.1. The smallest absolute Gasteiger partial charge is 0.354 e. The van der Waals surface area contributed by atoms with Crippen molar-refractivity contribution in [3.63, 3.8) is 0 Å². The lowest BCUT2D eigenvalue weighted by Crippen LogP contribution is -3.00. The standard InChI is InChI=1S/C21H16N4O4.BrH/c1-29-15-6-4-13(5-7-15)18(26)11-25-8-2-3-14(10-25)19-20-16(22-12-23-20)9-17(24-19)21(27)28;/h2-10,12H,11H2,1H3,(H-,22,23,24,27,28);1H. The molecule has 9 heteroatoms. The Labute approximate surface area is 182 Å². The molecule has 152 valence electrons. The van der Waals surface area contributed by atoms with Crippen LogP contribution in [0.3, 0.4) is 0 Å².